The smallest absolute Gasteiger partial charge is 0.411 e. The zero-order chi connectivity index (χ0) is 36.2. The highest BCUT2D eigenvalue weighted by Gasteiger charge is 2.39. The molecule has 3 amide bonds. The maximum atomic E-state index is 13.7. The number of allylic oxidation sites excluding steroid dienone is 2. The lowest BCUT2D eigenvalue weighted by Gasteiger charge is -2.30. The van der Waals surface area contributed by atoms with Crippen LogP contribution in [-0.4, -0.2) is 89.7 Å². The Morgan fingerprint density at radius 1 is 1.18 bits per heavy atom. The molecule has 0 aliphatic carbocycles. The van der Waals surface area contributed by atoms with Crippen LogP contribution in [-0.2, 0) is 30.3 Å². The number of ketones is 1. The molecule has 1 aromatic carbocycles. The van der Waals surface area contributed by atoms with Crippen molar-refractivity contribution in [2.75, 3.05) is 32.1 Å². The second-order valence-electron chi connectivity index (χ2n) is 12.4. The largest absolute Gasteiger partial charge is 0.497 e. The number of ether oxygens (including phenoxy) is 3. The molecule has 2 aromatic rings. The van der Waals surface area contributed by atoms with E-state index in [2.05, 4.69) is 15.6 Å². The Morgan fingerprint density at radius 3 is 2.68 bits per heavy atom. The van der Waals surface area contributed by atoms with Crippen molar-refractivity contribution >= 4 is 35.3 Å². The maximum Gasteiger partial charge on any atom is 0.411 e. The van der Waals surface area contributed by atoms with Crippen LogP contribution in [0.3, 0.4) is 0 Å². The number of nitrogens with one attached hydrogen (secondary N) is 2. The maximum absolute atomic E-state index is 13.7. The number of amides is 3. The van der Waals surface area contributed by atoms with Crippen LogP contribution in [0, 0.1) is 11.8 Å². The predicted molar refractivity (Wildman–Crippen MR) is 181 cm³/mol. The van der Waals surface area contributed by atoms with E-state index < -0.39 is 48.1 Å². The van der Waals surface area contributed by atoms with Crippen LogP contribution < -0.4 is 15.4 Å². The number of benzene rings is 1. The first-order chi connectivity index (χ1) is 23.9. The first-order valence-electron chi connectivity index (χ1n) is 16.5. The topological polar surface area (TPSA) is 187 Å². The minimum absolute atomic E-state index is 0.0177. The third-order valence-corrected chi connectivity index (χ3v) is 8.27. The molecule has 4 rings (SSSR count). The van der Waals surface area contributed by atoms with Gasteiger partial charge < -0.3 is 34.0 Å². The summed E-state index contributed by atoms with van der Waals surface area (Å²) in [7, 11) is 1.54. The minimum atomic E-state index is -1.05. The van der Waals surface area contributed by atoms with E-state index in [-0.39, 0.29) is 55.8 Å². The molecule has 2 aliphatic heterocycles. The number of nitrogens with zero attached hydrogens (tertiary/aromatic N) is 2. The van der Waals surface area contributed by atoms with Crippen molar-refractivity contribution in [1.82, 2.24) is 15.2 Å². The van der Waals surface area contributed by atoms with Gasteiger partial charge in [0.05, 0.1) is 26.2 Å². The summed E-state index contributed by atoms with van der Waals surface area (Å²) in [6.45, 7) is 5.62. The Labute approximate surface area is 290 Å². The molecule has 14 nitrogen and oxygen atoms in total. The fourth-order valence-electron chi connectivity index (χ4n) is 5.68. The Kier molecular flexibility index (Phi) is 13.5. The second-order valence-corrected chi connectivity index (χ2v) is 12.4. The number of rotatable bonds is 5. The summed E-state index contributed by atoms with van der Waals surface area (Å²) in [6.07, 6.45) is 6.88. The number of aliphatic hydroxyl groups is 1. The molecule has 0 saturated carbocycles. The number of cyclic esters (lactones) is 1. The molecule has 268 valence electrons. The van der Waals surface area contributed by atoms with E-state index in [1.165, 1.54) is 24.2 Å². The van der Waals surface area contributed by atoms with Gasteiger partial charge in [0, 0.05) is 37.0 Å². The zero-order valence-electron chi connectivity index (χ0n) is 28.6. The van der Waals surface area contributed by atoms with E-state index in [4.69, 9.17) is 18.6 Å². The molecule has 1 fully saturated rings. The van der Waals surface area contributed by atoms with E-state index in [0.29, 0.717) is 29.9 Å². The van der Waals surface area contributed by atoms with Gasteiger partial charge in [-0.3, -0.25) is 19.7 Å². The summed E-state index contributed by atoms with van der Waals surface area (Å²) >= 11 is 0. The highest BCUT2D eigenvalue weighted by atomic mass is 16.6. The molecule has 1 aromatic heterocycles. The highest BCUT2D eigenvalue weighted by Crippen LogP contribution is 2.26. The van der Waals surface area contributed by atoms with Crippen LogP contribution in [0.25, 0.3) is 0 Å². The first-order valence-corrected chi connectivity index (χ1v) is 16.5. The molecular weight excluding hydrogens is 648 g/mol. The van der Waals surface area contributed by atoms with Crippen LogP contribution in [0.1, 0.15) is 56.4 Å². The van der Waals surface area contributed by atoms with Crippen LogP contribution in [0.5, 0.6) is 5.75 Å². The van der Waals surface area contributed by atoms with Crippen LogP contribution >= 0.6 is 0 Å². The monoisotopic (exact) mass is 692 g/mol. The lowest BCUT2D eigenvalue weighted by Crippen LogP contribution is -2.44. The van der Waals surface area contributed by atoms with Gasteiger partial charge in [-0.05, 0) is 50.1 Å². The number of hydrogen-bond donors (Lipinski definition) is 3. The molecule has 2 bridgehead atoms. The number of esters is 1. The van der Waals surface area contributed by atoms with E-state index >= 15 is 0 Å². The van der Waals surface area contributed by atoms with Crippen molar-refractivity contribution < 1.29 is 47.7 Å². The number of carbonyl (C=O) groups excluding carboxylic acids is 5. The lowest BCUT2D eigenvalue weighted by atomic mass is 9.93. The molecule has 5 atom stereocenters. The van der Waals surface area contributed by atoms with Gasteiger partial charge in [-0.2, -0.15) is 0 Å². The van der Waals surface area contributed by atoms with Gasteiger partial charge in [-0.15, -0.1) is 0 Å². The number of fused-ring (bicyclic) bond motifs is 3. The average molecular weight is 693 g/mol. The number of methoxy groups -OCH3 is 1. The summed E-state index contributed by atoms with van der Waals surface area (Å²) < 4.78 is 22.0. The van der Waals surface area contributed by atoms with Crippen molar-refractivity contribution in [2.45, 2.75) is 64.7 Å². The van der Waals surface area contributed by atoms with Gasteiger partial charge in [0.25, 0.3) is 5.91 Å². The molecule has 50 heavy (non-hydrogen) atoms. The number of carbonyl (C=O) groups is 5. The Hall–Kier alpha value is -5.24. The molecule has 3 heterocycles. The minimum Gasteiger partial charge on any atom is -0.497 e. The summed E-state index contributed by atoms with van der Waals surface area (Å²) in [5.74, 6) is -2.32. The van der Waals surface area contributed by atoms with Gasteiger partial charge >= 0.3 is 12.1 Å². The van der Waals surface area contributed by atoms with Crippen molar-refractivity contribution in [3.63, 3.8) is 0 Å². The first kappa shape index (κ1) is 37.6. The van der Waals surface area contributed by atoms with E-state index in [1.807, 2.05) is 0 Å². The number of hydrogen-bond acceptors (Lipinski definition) is 11. The molecule has 3 N–H and O–H groups in total. The predicted octanol–water partition coefficient (Wildman–Crippen LogP) is 3.77. The number of oxazole rings is 1. The van der Waals surface area contributed by atoms with Gasteiger partial charge in [0.2, 0.25) is 11.8 Å². The SMILES string of the molecule is COc1ccc(NC(=O)OC[C@H](C)[C@H]2OC(=O)[C@H]3CCCN3C(=O)c3coc(n3)CC(=O)C[C@H](O)/C=C(C)/C=C/CNC(=O)/C=C/[C@H]2C)cc1. The fourth-order valence-corrected chi connectivity index (χ4v) is 5.68. The zero-order valence-corrected chi connectivity index (χ0v) is 28.6. The Morgan fingerprint density at radius 2 is 1.94 bits per heavy atom. The van der Waals surface area contributed by atoms with Crippen molar-refractivity contribution in [3.05, 3.63) is 78.1 Å². The van der Waals surface area contributed by atoms with Gasteiger partial charge in [-0.1, -0.05) is 43.7 Å². The number of anilines is 1. The summed E-state index contributed by atoms with van der Waals surface area (Å²) in [4.78, 5) is 70.4. The van der Waals surface area contributed by atoms with Crippen molar-refractivity contribution in [1.29, 1.82) is 0 Å². The molecule has 1 saturated heterocycles. The lowest BCUT2D eigenvalue weighted by molar-refractivity contribution is -0.159. The van der Waals surface area contributed by atoms with E-state index in [0.717, 1.165) is 6.26 Å². The summed E-state index contributed by atoms with van der Waals surface area (Å²) in [5, 5.41) is 15.7. The standard InChI is InChI=1S/C36H44N4O10/c1-22-7-5-15-37-31(43)14-9-23(2)33(24(3)20-49-36(46)38-25-10-12-28(47-4)13-11-25)50-35(45)30-8-6-16-40(30)34(44)29-21-48-32(39-29)19-27(42)18-26(41)17-22/h5,7,9-14,17,21,23-24,26,30,33,41H,6,8,15-16,18-20H2,1-4H3,(H,37,43)(H,38,46)/b7-5+,14-9+,22-17+/t23-,24+,26-,30-,33+/m1/s1. The van der Waals surface area contributed by atoms with Gasteiger partial charge in [-0.25, -0.2) is 14.6 Å². The summed E-state index contributed by atoms with van der Waals surface area (Å²) in [6, 6.07) is 5.78. The average Bonchev–Trinajstić information content (AvgIpc) is 3.77. The Bertz CT molecular complexity index is 1610. The number of Topliss-reactive ketones (excluding diaryl/α,β-unsaturated/α-hetero) is 1. The highest BCUT2D eigenvalue weighted by molar-refractivity contribution is 5.95. The molecule has 2 aliphatic rings. The third kappa shape index (κ3) is 10.9. The summed E-state index contributed by atoms with van der Waals surface area (Å²) in [5.41, 5.74) is 1.12. The molecule has 0 unspecified atom stereocenters. The Balaban J connectivity index is 1.53. The van der Waals surface area contributed by atoms with Crippen molar-refractivity contribution in [3.8, 4) is 5.75 Å². The normalized spacial score (nSPS) is 25.6. The quantitative estimate of drug-likeness (QED) is 0.387. The number of aromatic nitrogens is 1. The van der Waals surface area contributed by atoms with Crippen LogP contribution in [0.15, 0.2) is 70.9 Å². The third-order valence-electron chi connectivity index (χ3n) is 8.27. The van der Waals surface area contributed by atoms with E-state index in [1.54, 1.807) is 63.3 Å². The molecular formula is C36H44N4O10. The second kappa shape index (κ2) is 18.0. The van der Waals surface area contributed by atoms with E-state index in [9.17, 15) is 29.1 Å². The van der Waals surface area contributed by atoms with Gasteiger partial charge in [0.15, 0.2) is 5.69 Å². The number of aliphatic hydroxyl groups excluding tert-OH is 1. The fraction of sp³-hybridized carbons (Fsp3) is 0.444. The van der Waals surface area contributed by atoms with Crippen LogP contribution in [0.2, 0.25) is 0 Å². The molecule has 14 heteroatoms. The van der Waals surface area contributed by atoms with Crippen LogP contribution in [0.4, 0.5) is 10.5 Å². The molecule has 0 spiro atoms. The molecule has 0 radical (unpaired) electrons. The van der Waals surface area contributed by atoms with Crippen molar-refractivity contribution in [2.24, 2.45) is 11.8 Å². The van der Waals surface area contributed by atoms with Gasteiger partial charge in [0.1, 0.15) is 29.9 Å².